The number of rotatable bonds is 3. The lowest BCUT2D eigenvalue weighted by atomic mass is 10.1. The molecular weight excluding hydrogens is 176 g/mol. The molecular formula is C10H8N4. The third-order valence-electron chi connectivity index (χ3n) is 1.59. The van der Waals surface area contributed by atoms with E-state index in [2.05, 4.69) is 10.0 Å². The molecule has 0 aromatic heterocycles. The molecule has 0 amide bonds. The van der Waals surface area contributed by atoms with Crippen molar-refractivity contribution in [3.63, 3.8) is 0 Å². The first kappa shape index (κ1) is 9.85. The quantitative estimate of drug-likeness (QED) is 0.308. The Morgan fingerprint density at radius 3 is 2.79 bits per heavy atom. The first-order chi connectivity index (χ1) is 6.86. The molecule has 0 saturated heterocycles. The van der Waals surface area contributed by atoms with Crippen LogP contribution >= 0.6 is 0 Å². The predicted octanol–water partition coefficient (Wildman–Crippen LogP) is 2.90. The first-order valence-electron chi connectivity index (χ1n) is 4.03. The fraction of sp³-hybridized carbons (Fsp3) is 0.100. The Morgan fingerprint density at radius 1 is 1.50 bits per heavy atom. The van der Waals surface area contributed by atoms with Crippen LogP contribution in [-0.2, 0) is 0 Å². The topological polar surface area (TPSA) is 72.5 Å². The highest BCUT2D eigenvalue weighted by molar-refractivity contribution is 5.57. The summed E-state index contributed by atoms with van der Waals surface area (Å²) in [5.41, 5.74) is 9.48. The van der Waals surface area contributed by atoms with Crippen LogP contribution in [0.1, 0.15) is 5.56 Å². The van der Waals surface area contributed by atoms with Gasteiger partial charge in [0.15, 0.2) is 0 Å². The summed E-state index contributed by atoms with van der Waals surface area (Å²) in [6.07, 6.45) is 1.70. The van der Waals surface area contributed by atoms with Crippen LogP contribution in [0.25, 0.3) is 16.5 Å². The molecule has 0 bridgehead atoms. The summed E-state index contributed by atoms with van der Waals surface area (Å²) in [5, 5.41) is 12.0. The fourth-order valence-electron chi connectivity index (χ4n) is 0.972. The number of hydrogen-bond acceptors (Lipinski definition) is 2. The van der Waals surface area contributed by atoms with Crippen LogP contribution in [0, 0.1) is 11.3 Å². The summed E-state index contributed by atoms with van der Waals surface area (Å²) in [4.78, 5) is 2.60. The summed E-state index contributed by atoms with van der Waals surface area (Å²) in [6, 6.07) is 11.4. The third-order valence-corrected chi connectivity index (χ3v) is 1.59. The maximum atomic E-state index is 8.71. The SMILES string of the molecule is N#C/C(=C\c1ccccc1)CN=[N+]=[N-]. The third kappa shape index (κ3) is 3.02. The summed E-state index contributed by atoms with van der Waals surface area (Å²) in [7, 11) is 0. The van der Waals surface area contributed by atoms with E-state index in [0.29, 0.717) is 5.57 Å². The minimum Gasteiger partial charge on any atom is -0.193 e. The normalized spacial score (nSPS) is 10.1. The molecule has 68 valence electrons. The lowest BCUT2D eigenvalue weighted by Crippen LogP contribution is -1.83. The van der Waals surface area contributed by atoms with Gasteiger partial charge in [0.1, 0.15) is 0 Å². The van der Waals surface area contributed by atoms with Crippen LogP contribution < -0.4 is 0 Å². The van der Waals surface area contributed by atoms with Crippen LogP contribution in [0.3, 0.4) is 0 Å². The zero-order valence-electron chi connectivity index (χ0n) is 7.46. The van der Waals surface area contributed by atoms with E-state index in [0.717, 1.165) is 5.56 Å². The van der Waals surface area contributed by atoms with Crippen LogP contribution in [0.4, 0.5) is 0 Å². The van der Waals surface area contributed by atoms with Crippen molar-refractivity contribution in [2.45, 2.75) is 0 Å². The average molecular weight is 184 g/mol. The van der Waals surface area contributed by atoms with Gasteiger partial charge >= 0.3 is 0 Å². The van der Waals surface area contributed by atoms with Crippen molar-refractivity contribution < 1.29 is 0 Å². The molecule has 1 aromatic rings. The Hall–Kier alpha value is -2.24. The molecule has 0 unspecified atom stereocenters. The van der Waals surface area contributed by atoms with Crippen LogP contribution in [0.5, 0.6) is 0 Å². The van der Waals surface area contributed by atoms with Gasteiger partial charge in [0, 0.05) is 10.5 Å². The fourth-order valence-corrected chi connectivity index (χ4v) is 0.972. The minimum atomic E-state index is 0.0991. The molecule has 0 saturated carbocycles. The van der Waals surface area contributed by atoms with Gasteiger partial charge in [-0.25, -0.2) is 0 Å². The molecule has 0 aliphatic heterocycles. The van der Waals surface area contributed by atoms with Crippen LogP contribution in [0.15, 0.2) is 41.0 Å². The van der Waals surface area contributed by atoms with Crippen molar-refractivity contribution >= 4 is 6.08 Å². The van der Waals surface area contributed by atoms with E-state index in [9.17, 15) is 0 Å². The zero-order chi connectivity index (χ0) is 10.2. The van der Waals surface area contributed by atoms with Gasteiger partial charge in [0.25, 0.3) is 0 Å². The number of benzene rings is 1. The van der Waals surface area contributed by atoms with Crippen molar-refractivity contribution in [1.82, 2.24) is 0 Å². The highest BCUT2D eigenvalue weighted by Gasteiger charge is 1.93. The molecule has 14 heavy (non-hydrogen) atoms. The van der Waals surface area contributed by atoms with Crippen molar-refractivity contribution in [3.05, 3.63) is 51.9 Å². The Labute approximate surface area is 81.7 Å². The molecule has 1 rings (SSSR count). The van der Waals surface area contributed by atoms with Gasteiger partial charge in [-0.3, -0.25) is 0 Å². The highest BCUT2D eigenvalue weighted by Crippen LogP contribution is 2.06. The Bertz CT molecular complexity index is 407. The van der Waals surface area contributed by atoms with Crippen molar-refractivity contribution in [2.24, 2.45) is 5.11 Å². The molecule has 0 spiro atoms. The molecule has 0 radical (unpaired) electrons. The molecule has 0 aliphatic rings. The predicted molar refractivity (Wildman–Crippen MR) is 54.0 cm³/mol. The smallest absolute Gasteiger partial charge is 0.0948 e. The summed E-state index contributed by atoms with van der Waals surface area (Å²) in [5.74, 6) is 0. The molecule has 1 aromatic carbocycles. The van der Waals surface area contributed by atoms with Gasteiger partial charge in [-0.05, 0) is 17.2 Å². The zero-order valence-corrected chi connectivity index (χ0v) is 7.46. The number of nitrogens with zero attached hydrogens (tertiary/aromatic N) is 4. The lowest BCUT2D eigenvalue weighted by Gasteiger charge is -1.93. The van der Waals surface area contributed by atoms with Crippen LogP contribution in [-0.4, -0.2) is 6.54 Å². The molecule has 0 atom stereocenters. The van der Waals surface area contributed by atoms with Gasteiger partial charge in [-0.15, -0.1) is 0 Å². The van der Waals surface area contributed by atoms with Gasteiger partial charge in [-0.2, -0.15) is 5.26 Å². The molecule has 0 fully saturated rings. The molecule has 0 heterocycles. The van der Waals surface area contributed by atoms with E-state index in [1.54, 1.807) is 6.08 Å². The van der Waals surface area contributed by atoms with E-state index < -0.39 is 0 Å². The second-order valence-corrected chi connectivity index (χ2v) is 2.58. The second-order valence-electron chi connectivity index (χ2n) is 2.58. The largest absolute Gasteiger partial charge is 0.193 e. The van der Waals surface area contributed by atoms with E-state index in [1.807, 2.05) is 36.4 Å². The Balaban J connectivity index is 2.85. The lowest BCUT2D eigenvalue weighted by molar-refractivity contribution is 1.17. The average Bonchev–Trinajstić information content (AvgIpc) is 2.25. The summed E-state index contributed by atoms with van der Waals surface area (Å²) in [6.45, 7) is 0.0991. The van der Waals surface area contributed by atoms with Crippen LogP contribution in [0.2, 0.25) is 0 Å². The standard InChI is InChI=1S/C10H8N4/c11-7-10(8-13-14-12)6-9-4-2-1-3-5-9/h1-6H,8H2/b10-6+. The van der Waals surface area contributed by atoms with Gasteiger partial charge in [0.05, 0.1) is 12.6 Å². The van der Waals surface area contributed by atoms with Gasteiger partial charge < -0.3 is 0 Å². The summed E-state index contributed by atoms with van der Waals surface area (Å²) < 4.78 is 0. The maximum Gasteiger partial charge on any atom is 0.0948 e. The summed E-state index contributed by atoms with van der Waals surface area (Å²) >= 11 is 0. The molecule has 4 heteroatoms. The van der Waals surface area contributed by atoms with E-state index in [4.69, 9.17) is 10.8 Å². The van der Waals surface area contributed by atoms with Gasteiger partial charge in [0.2, 0.25) is 0 Å². The van der Waals surface area contributed by atoms with Crippen molar-refractivity contribution in [3.8, 4) is 6.07 Å². The van der Waals surface area contributed by atoms with Crippen molar-refractivity contribution in [2.75, 3.05) is 6.54 Å². The van der Waals surface area contributed by atoms with E-state index in [1.165, 1.54) is 0 Å². The maximum absolute atomic E-state index is 8.71. The Morgan fingerprint density at radius 2 is 2.21 bits per heavy atom. The van der Waals surface area contributed by atoms with Crippen molar-refractivity contribution in [1.29, 1.82) is 5.26 Å². The number of hydrogen-bond donors (Lipinski definition) is 0. The minimum absolute atomic E-state index is 0.0991. The Kier molecular flexibility index (Phi) is 3.81. The monoisotopic (exact) mass is 184 g/mol. The first-order valence-corrected chi connectivity index (χ1v) is 4.03. The highest BCUT2D eigenvalue weighted by atomic mass is 15.1. The molecule has 0 aliphatic carbocycles. The van der Waals surface area contributed by atoms with E-state index in [-0.39, 0.29) is 6.54 Å². The number of azide groups is 1. The number of nitriles is 1. The molecule has 4 nitrogen and oxygen atoms in total. The molecule has 0 N–H and O–H groups in total. The van der Waals surface area contributed by atoms with Gasteiger partial charge in [-0.1, -0.05) is 35.4 Å². The second kappa shape index (κ2) is 5.41. The van der Waals surface area contributed by atoms with E-state index >= 15 is 0 Å².